The molecule has 0 bridgehead atoms. The van der Waals surface area contributed by atoms with Crippen molar-refractivity contribution in [2.75, 3.05) is 6.61 Å². The quantitative estimate of drug-likeness (QED) is 0.893. The molecule has 2 nitrogen and oxygen atoms in total. The fraction of sp³-hybridized carbons (Fsp3) is 0.455. The van der Waals surface area contributed by atoms with Gasteiger partial charge in [-0.25, -0.2) is 0 Å². The summed E-state index contributed by atoms with van der Waals surface area (Å²) in [5, 5.41) is 12.9. The summed E-state index contributed by atoms with van der Waals surface area (Å²) >= 11 is 9.48. The minimum Gasteiger partial charge on any atom is -0.395 e. The molecule has 0 fully saturated rings. The lowest BCUT2D eigenvalue weighted by Gasteiger charge is -2.19. The van der Waals surface area contributed by atoms with Crippen molar-refractivity contribution in [3.8, 4) is 0 Å². The smallest absolute Gasteiger partial charge is 0.0582 e. The zero-order valence-electron chi connectivity index (χ0n) is 8.80. The molecule has 0 aromatic heterocycles. The van der Waals surface area contributed by atoms with Crippen molar-refractivity contribution in [1.29, 1.82) is 0 Å². The van der Waals surface area contributed by atoms with Gasteiger partial charge in [0.2, 0.25) is 0 Å². The topological polar surface area (TPSA) is 32.3 Å². The van der Waals surface area contributed by atoms with Crippen molar-refractivity contribution < 1.29 is 5.11 Å². The van der Waals surface area contributed by atoms with Gasteiger partial charge < -0.3 is 10.4 Å². The SMILES string of the molecule is CC(CO)NC(C)c1ccc(Br)cc1Cl. The Bertz CT molecular complexity index is 332. The molecule has 0 aliphatic carbocycles. The molecule has 2 unspecified atom stereocenters. The normalized spacial score (nSPS) is 15.0. The van der Waals surface area contributed by atoms with E-state index in [4.69, 9.17) is 16.7 Å². The van der Waals surface area contributed by atoms with Crippen LogP contribution < -0.4 is 5.32 Å². The Morgan fingerprint density at radius 1 is 1.47 bits per heavy atom. The van der Waals surface area contributed by atoms with Crippen LogP contribution in [0.3, 0.4) is 0 Å². The van der Waals surface area contributed by atoms with Crippen molar-refractivity contribution in [2.24, 2.45) is 0 Å². The molecule has 1 aromatic carbocycles. The number of benzene rings is 1. The summed E-state index contributed by atoms with van der Waals surface area (Å²) < 4.78 is 0.971. The number of rotatable bonds is 4. The Hall–Kier alpha value is -0.0900. The van der Waals surface area contributed by atoms with Crippen LogP contribution in [0.15, 0.2) is 22.7 Å². The minimum atomic E-state index is 0.0692. The first-order valence-corrected chi connectivity index (χ1v) is 6.03. The van der Waals surface area contributed by atoms with Crippen LogP contribution in [-0.2, 0) is 0 Å². The number of aliphatic hydroxyl groups excluding tert-OH is 1. The highest BCUT2D eigenvalue weighted by Crippen LogP contribution is 2.26. The molecule has 0 amide bonds. The van der Waals surface area contributed by atoms with Gasteiger partial charge in [0.25, 0.3) is 0 Å². The van der Waals surface area contributed by atoms with Crippen molar-refractivity contribution in [2.45, 2.75) is 25.9 Å². The number of nitrogens with one attached hydrogen (secondary N) is 1. The van der Waals surface area contributed by atoms with E-state index in [-0.39, 0.29) is 18.7 Å². The monoisotopic (exact) mass is 291 g/mol. The van der Waals surface area contributed by atoms with Crippen LogP contribution in [0.4, 0.5) is 0 Å². The lowest BCUT2D eigenvalue weighted by molar-refractivity contribution is 0.243. The Morgan fingerprint density at radius 2 is 2.13 bits per heavy atom. The Kier molecular flexibility index (Phi) is 5.06. The average Bonchev–Trinajstić information content (AvgIpc) is 2.17. The van der Waals surface area contributed by atoms with Gasteiger partial charge in [0.05, 0.1) is 6.61 Å². The standard InChI is InChI=1S/C11H15BrClNO/c1-7(6-15)14-8(2)10-4-3-9(12)5-11(10)13/h3-5,7-8,14-15H,6H2,1-2H3. The molecule has 0 aliphatic heterocycles. The van der Waals surface area contributed by atoms with Gasteiger partial charge in [-0.1, -0.05) is 33.6 Å². The fourth-order valence-corrected chi connectivity index (χ4v) is 2.26. The number of hydrogen-bond donors (Lipinski definition) is 2. The van der Waals surface area contributed by atoms with E-state index in [9.17, 15) is 0 Å². The van der Waals surface area contributed by atoms with Crippen molar-refractivity contribution >= 4 is 27.5 Å². The third-order valence-corrected chi connectivity index (χ3v) is 3.06. The number of hydrogen-bond acceptors (Lipinski definition) is 2. The highest BCUT2D eigenvalue weighted by molar-refractivity contribution is 9.10. The van der Waals surface area contributed by atoms with Crippen LogP contribution in [0.1, 0.15) is 25.5 Å². The van der Waals surface area contributed by atoms with Gasteiger partial charge in [-0.05, 0) is 31.5 Å². The van der Waals surface area contributed by atoms with Gasteiger partial charge in [0, 0.05) is 21.6 Å². The maximum absolute atomic E-state index is 8.94. The molecule has 0 saturated heterocycles. The molecule has 0 spiro atoms. The first-order chi connectivity index (χ1) is 7.04. The van der Waals surface area contributed by atoms with E-state index in [1.165, 1.54) is 0 Å². The van der Waals surface area contributed by atoms with E-state index >= 15 is 0 Å². The third kappa shape index (κ3) is 3.76. The third-order valence-electron chi connectivity index (χ3n) is 2.24. The highest BCUT2D eigenvalue weighted by Gasteiger charge is 2.11. The first-order valence-electron chi connectivity index (χ1n) is 4.86. The molecule has 0 saturated carbocycles. The summed E-state index contributed by atoms with van der Waals surface area (Å²) in [5.41, 5.74) is 1.04. The van der Waals surface area contributed by atoms with Gasteiger partial charge in [-0.3, -0.25) is 0 Å². The van der Waals surface area contributed by atoms with Gasteiger partial charge in [-0.15, -0.1) is 0 Å². The van der Waals surface area contributed by atoms with E-state index in [0.29, 0.717) is 0 Å². The molecule has 0 aliphatic rings. The Morgan fingerprint density at radius 3 is 2.67 bits per heavy atom. The summed E-state index contributed by atoms with van der Waals surface area (Å²) in [7, 11) is 0. The fourth-order valence-electron chi connectivity index (χ4n) is 1.42. The van der Waals surface area contributed by atoms with Crippen LogP contribution in [0, 0.1) is 0 Å². The van der Waals surface area contributed by atoms with Crippen LogP contribution in [0.25, 0.3) is 0 Å². The molecule has 84 valence electrons. The molecule has 2 atom stereocenters. The molecule has 0 radical (unpaired) electrons. The van der Waals surface area contributed by atoms with Crippen LogP contribution in [-0.4, -0.2) is 17.8 Å². The van der Waals surface area contributed by atoms with Crippen LogP contribution >= 0.6 is 27.5 Å². The minimum absolute atomic E-state index is 0.0692. The number of aliphatic hydroxyl groups is 1. The summed E-state index contributed by atoms with van der Waals surface area (Å²) in [6, 6.07) is 6.02. The molecule has 1 aromatic rings. The molecular weight excluding hydrogens is 277 g/mol. The molecule has 15 heavy (non-hydrogen) atoms. The average molecular weight is 293 g/mol. The summed E-state index contributed by atoms with van der Waals surface area (Å²) in [5.74, 6) is 0. The second kappa shape index (κ2) is 5.85. The van der Waals surface area contributed by atoms with Crippen molar-refractivity contribution in [3.63, 3.8) is 0 Å². The van der Waals surface area contributed by atoms with Gasteiger partial charge in [0.15, 0.2) is 0 Å². The zero-order valence-corrected chi connectivity index (χ0v) is 11.1. The largest absolute Gasteiger partial charge is 0.395 e. The maximum Gasteiger partial charge on any atom is 0.0582 e. The molecule has 2 N–H and O–H groups in total. The lowest BCUT2D eigenvalue weighted by Crippen LogP contribution is -2.31. The van der Waals surface area contributed by atoms with E-state index in [1.807, 2.05) is 32.0 Å². The Labute approximate surface area is 104 Å². The predicted octanol–water partition coefficient (Wildman–Crippen LogP) is 3.13. The van der Waals surface area contributed by atoms with E-state index in [2.05, 4.69) is 21.2 Å². The second-order valence-corrected chi connectivity index (χ2v) is 4.96. The summed E-state index contributed by atoms with van der Waals surface area (Å²) in [4.78, 5) is 0. The van der Waals surface area contributed by atoms with Gasteiger partial charge in [-0.2, -0.15) is 0 Å². The van der Waals surface area contributed by atoms with Crippen LogP contribution in [0.5, 0.6) is 0 Å². The molecule has 1 rings (SSSR count). The highest BCUT2D eigenvalue weighted by atomic mass is 79.9. The summed E-state index contributed by atoms with van der Waals surface area (Å²) in [6.07, 6.45) is 0. The van der Waals surface area contributed by atoms with Crippen LogP contribution in [0.2, 0.25) is 5.02 Å². The maximum atomic E-state index is 8.94. The van der Waals surface area contributed by atoms with Crippen molar-refractivity contribution in [1.82, 2.24) is 5.32 Å². The van der Waals surface area contributed by atoms with E-state index in [0.717, 1.165) is 15.1 Å². The Balaban J connectivity index is 2.77. The zero-order chi connectivity index (χ0) is 11.4. The second-order valence-electron chi connectivity index (χ2n) is 3.64. The van der Waals surface area contributed by atoms with Gasteiger partial charge >= 0.3 is 0 Å². The molecule has 4 heteroatoms. The molecular formula is C11H15BrClNO. The van der Waals surface area contributed by atoms with Crippen molar-refractivity contribution in [3.05, 3.63) is 33.3 Å². The van der Waals surface area contributed by atoms with Gasteiger partial charge in [0.1, 0.15) is 0 Å². The molecule has 0 heterocycles. The van der Waals surface area contributed by atoms with E-state index in [1.54, 1.807) is 0 Å². The summed E-state index contributed by atoms with van der Waals surface area (Å²) in [6.45, 7) is 4.09. The first kappa shape index (κ1) is 13.0. The number of halogens is 2. The predicted molar refractivity (Wildman–Crippen MR) is 67.3 cm³/mol. The van der Waals surface area contributed by atoms with E-state index < -0.39 is 0 Å². The lowest BCUT2D eigenvalue weighted by atomic mass is 10.1.